The van der Waals surface area contributed by atoms with Gasteiger partial charge in [-0.2, -0.15) is 0 Å². The summed E-state index contributed by atoms with van der Waals surface area (Å²) in [5.74, 6) is 0. The zero-order valence-corrected chi connectivity index (χ0v) is 11.8. The Hall–Kier alpha value is -0.380. The summed E-state index contributed by atoms with van der Waals surface area (Å²) in [5.41, 5.74) is 1.18. The van der Waals surface area contributed by atoms with E-state index < -0.39 is 0 Å². The van der Waals surface area contributed by atoms with Gasteiger partial charge in [0.25, 0.3) is 0 Å². The van der Waals surface area contributed by atoms with Crippen molar-refractivity contribution in [2.45, 2.75) is 52.3 Å². The van der Waals surface area contributed by atoms with E-state index in [4.69, 9.17) is 4.74 Å². The van der Waals surface area contributed by atoms with Gasteiger partial charge in [-0.05, 0) is 33.7 Å². The summed E-state index contributed by atoms with van der Waals surface area (Å²) in [6.07, 6.45) is 1.39. The molecule has 100 valence electrons. The maximum Gasteiger partial charge on any atom is 0.0893 e. The number of ether oxygens (including phenoxy) is 1. The van der Waals surface area contributed by atoms with Gasteiger partial charge in [0, 0.05) is 19.1 Å². The van der Waals surface area contributed by atoms with Gasteiger partial charge in [-0.15, -0.1) is 0 Å². The molecule has 1 heterocycles. The molecule has 1 saturated heterocycles. The molecule has 3 heteroatoms. The minimum absolute atomic E-state index is 0.246. The Balaban J connectivity index is 2.57. The fourth-order valence-corrected chi connectivity index (χ4v) is 2.29. The Labute approximate surface area is 106 Å². The van der Waals surface area contributed by atoms with Gasteiger partial charge in [0.15, 0.2) is 0 Å². The third-order valence-electron chi connectivity index (χ3n) is 3.37. The average Bonchev–Trinajstić information content (AvgIpc) is 2.29. The molecule has 1 aliphatic heterocycles. The van der Waals surface area contributed by atoms with Crippen molar-refractivity contribution in [1.29, 1.82) is 0 Å². The normalized spacial score (nSPS) is 23.9. The molecule has 1 fully saturated rings. The van der Waals surface area contributed by atoms with E-state index in [1.807, 2.05) is 0 Å². The zero-order valence-electron chi connectivity index (χ0n) is 11.8. The van der Waals surface area contributed by atoms with Gasteiger partial charge in [0.2, 0.25) is 0 Å². The smallest absolute Gasteiger partial charge is 0.0893 e. The molecule has 2 unspecified atom stereocenters. The van der Waals surface area contributed by atoms with Crippen molar-refractivity contribution >= 4 is 0 Å². The van der Waals surface area contributed by atoms with E-state index in [1.54, 1.807) is 0 Å². The fraction of sp³-hybridized carbons (Fsp3) is 0.857. The largest absolute Gasteiger partial charge is 0.374 e. The predicted octanol–water partition coefficient (Wildman–Crippen LogP) is 2.04. The van der Waals surface area contributed by atoms with Crippen LogP contribution >= 0.6 is 0 Å². The van der Waals surface area contributed by atoms with E-state index >= 15 is 0 Å². The van der Waals surface area contributed by atoms with Crippen LogP contribution in [0.5, 0.6) is 0 Å². The average molecular weight is 240 g/mol. The molecular weight excluding hydrogens is 212 g/mol. The number of nitrogens with zero attached hydrogens (tertiary/aromatic N) is 1. The summed E-state index contributed by atoms with van der Waals surface area (Å²) in [7, 11) is 0. The second kappa shape index (κ2) is 7.14. The highest BCUT2D eigenvalue weighted by Crippen LogP contribution is 2.15. The minimum atomic E-state index is 0.246. The number of hydrogen-bond acceptors (Lipinski definition) is 3. The first kappa shape index (κ1) is 14.7. The lowest BCUT2D eigenvalue weighted by Crippen LogP contribution is -2.54. The van der Waals surface area contributed by atoms with Crippen molar-refractivity contribution in [2.75, 3.05) is 26.2 Å². The lowest BCUT2D eigenvalue weighted by molar-refractivity contribution is -0.0496. The van der Waals surface area contributed by atoms with E-state index in [9.17, 15) is 0 Å². The molecular formula is C14H28N2O. The first-order valence-corrected chi connectivity index (χ1v) is 6.80. The summed E-state index contributed by atoms with van der Waals surface area (Å²) in [6.45, 7) is 16.8. The third-order valence-corrected chi connectivity index (χ3v) is 3.37. The topological polar surface area (TPSA) is 24.5 Å². The van der Waals surface area contributed by atoms with E-state index in [1.165, 1.54) is 5.57 Å². The van der Waals surface area contributed by atoms with Crippen LogP contribution in [0.25, 0.3) is 0 Å². The predicted molar refractivity (Wildman–Crippen MR) is 73.3 cm³/mol. The molecule has 0 radical (unpaired) electrons. The Morgan fingerprint density at radius 1 is 1.53 bits per heavy atom. The SMILES string of the molecule is C=C(C)C(NCCC)C1CN(C(C)C)CCO1. The molecule has 2 atom stereocenters. The zero-order chi connectivity index (χ0) is 12.8. The minimum Gasteiger partial charge on any atom is -0.374 e. The fourth-order valence-electron chi connectivity index (χ4n) is 2.29. The van der Waals surface area contributed by atoms with Crippen molar-refractivity contribution in [3.05, 3.63) is 12.2 Å². The van der Waals surface area contributed by atoms with Crippen LogP contribution in [0.3, 0.4) is 0 Å². The van der Waals surface area contributed by atoms with E-state index in [0.29, 0.717) is 6.04 Å². The second-order valence-corrected chi connectivity index (χ2v) is 5.28. The molecule has 0 amide bonds. The van der Waals surface area contributed by atoms with Crippen LogP contribution in [0.4, 0.5) is 0 Å². The number of hydrogen-bond donors (Lipinski definition) is 1. The van der Waals surface area contributed by atoms with E-state index in [2.05, 4.69) is 44.5 Å². The highest BCUT2D eigenvalue weighted by Gasteiger charge is 2.29. The number of nitrogens with one attached hydrogen (secondary N) is 1. The Morgan fingerprint density at radius 3 is 2.76 bits per heavy atom. The molecule has 1 rings (SSSR count). The maximum atomic E-state index is 5.91. The van der Waals surface area contributed by atoms with Gasteiger partial charge in [-0.25, -0.2) is 0 Å². The highest BCUT2D eigenvalue weighted by atomic mass is 16.5. The van der Waals surface area contributed by atoms with E-state index in [-0.39, 0.29) is 12.1 Å². The van der Waals surface area contributed by atoms with Crippen LogP contribution in [0.15, 0.2) is 12.2 Å². The van der Waals surface area contributed by atoms with Crippen molar-refractivity contribution in [2.24, 2.45) is 0 Å². The van der Waals surface area contributed by atoms with Crippen LogP contribution < -0.4 is 5.32 Å². The molecule has 0 bridgehead atoms. The molecule has 17 heavy (non-hydrogen) atoms. The summed E-state index contributed by atoms with van der Waals surface area (Å²) >= 11 is 0. The first-order chi connectivity index (χ1) is 8.06. The molecule has 0 saturated carbocycles. The molecule has 0 aromatic heterocycles. The quantitative estimate of drug-likeness (QED) is 0.719. The van der Waals surface area contributed by atoms with Gasteiger partial charge in [0.1, 0.15) is 0 Å². The molecule has 0 aromatic rings. The van der Waals surface area contributed by atoms with Crippen LogP contribution in [0, 0.1) is 0 Å². The number of morpholine rings is 1. The Morgan fingerprint density at radius 2 is 2.24 bits per heavy atom. The molecule has 1 N–H and O–H groups in total. The van der Waals surface area contributed by atoms with Crippen LogP contribution in [0.2, 0.25) is 0 Å². The van der Waals surface area contributed by atoms with Gasteiger partial charge in [-0.3, -0.25) is 4.90 Å². The van der Waals surface area contributed by atoms with Gasteiger partial charge in [-0.1, -0.05) is 19.1 Å². The van der Waals surface area contributed by atoms with Crippen LogP contribution in [-0.4, -0.2) is 49.3 Å². The first-order valence-electron chi connectivity index (χ1n) is 6.80. The van der Waals surface area contributed by atoms with Crippen molar-refractivity contribution < 1.29 is 4.74 Å². The number of rotatable bonds is 6. The van der Waals surface area contributed by atoms with Gasteiger partial charge >= 0.3 is 0 Å². The third kappa shape index (κ3) is 4.41. The van der Waals surface area contributed by atoms with Gasteiger partial charge < -0.3 is 10.1 Å². The second-order valence-electron chi connectivity index (χ2n) is 5.28. The van der Waals surface area contributed by atoms with Crippen LogP contribution in [0.1, 0.15) is 34.1 Å². The molecule has 0 aromatic carbocycles. The molecule has 3 nitrogen and oxygen atoms in total. The summed E-state index contributed by atoms with van der Waals surface area (Å²) < 4.78 is 5.91. The van der Waals surface area contributed by atoms with Crippen molar-refractivity contribution in [3.8, 4) is 0 Å². The molecule has 0 spiro atoms. The molecule has 1 aliphatic rings. The highest BCUT2D eigenvalue weighted by molar-refractivity contribution is 5.06. The van der Waals surface area contributed by atoms with Crippen LogP contribution in [-0.2, 0) is 4.74 Å². The maximum absolute atomic E-state index is 5.91. The Kier molecular flexibility index (Phi) is 6.17. The Bertz CT molecular complexity index is 240. The monoisotopic (exact) mass is 240 g/mol. The lowest BCUT2D eigenvalue weighted by atomic mass is 10.0. The van der Waals surface area contributed by atoms with Crippen molar-refractivity contribution in [3.63, 3.8) is 0 Å². The standard InChI is InChI=1S/C14H28N2O/c1-6-7-15-14(11(2)3)13-10-16(12(4)5)8-9-17-13/h12-15H,2,6-10H2,1,3-5H3. The summed E-state index contributed by atoms with van der Waals surface area (Å²) in [4.78, 5) is 2.48. The lowest BCUT2D eigenvalue weighted by Gasteiger charge is -2.39. The summed E-state index contributed by atoms with van der Waals surface area (Å²) in [6, 6.07) is 0.884. The van der Waals surface area contributed by atoms with Gasteiger partial charge in [0.05, 0.1) is 18.8 Å². The summed E-state index contributed by atoms with van der Waals surface area (Å²) in [5, 5.41) is 3.55. The van der Waals surface area contributed by atoms with E-state index in [0.717, 1.165) is 32.7 Å². The van der Waals surface area contributed by atoms with Crippen molar-refractivity contribution in [1.82, 2.24) is 10.2 Å². The molecule has 0 aliphatic carbocycles.